The number of nitrogens with zero attached hydrogens (tertiary/aromatic N) is 1. The van der Waals surface area contributed by atoms with E-state index in [1.54, 1.807) is 18.3 Å². The highest BCUT2D eigenvalue weighted by molar-refractivity contribution is 5.97. The molecule has 0 spiro atoms. The van der Waals surface area contributed by atoms with Crippen LogP contribution >= 0.6 is 0 Å². The zero-order chi connectivity index (χ0) is 16.3. The molecule has 0 aromatic carbocycles. The molecular weight excluding hydrogens is 297 g/mol. The topological polar surface area (TPSA) is 71.1 Å². The number of fused-ring (bicyclic) bond motifs is 1. The van der Waals surface area contributed by atoms with E-state index < -0.39 is 11.6 Å². The van der Waals surface area contributed by atoms with Crippen LogP contribution in [0.4, 0.5) is 10.1 Å². The molecule has 0 saturated heterocycles. The van der Waals surface area contributed by atoms with Crippen molar-refractivity contribution in [2.75, 3.05) is 11.9 Å². The van der Waals surface area contributed by atoms with Gasteiger partial charge in [0.1, 0.15) is 5.67 Å². The van der Waals surface area contributed by atoms with Gasteiger partial charge in [0.05, 0.1) is 23.8 Å². The van der Waals surface area contributed by atoms with E-state index in [-0.39, 0.29) is 24.8 Å². The van der Waals surface area contributed by atoms with Crippen molar-refractivity contribution >= 4 is 17.5 Å². The van der Waals surface area contributed by atoms with Gasteiger partial charge in [-0.25, -0.2) is 4.39 Å². The van der Waals surface area contributed by atoms with Gasteiger partial charge >= 0.3 is 0 Å². The molecule has 0 radical (unpaired) electrons. The van der Waals surface area contributed by atoms with Crippen LogP contribution in [0.3, 0.4) is 0 Å². The molecule has 2 aliphatic rings. The van der Waals surface area contributed by atoms with E-state index in [1.165, 1.54) is 0 Å². The third-order valence-corrected chi connectivity index (χ3v) is 4.74. The van der Waals surface area contributed by atoms with Crippen LogP contribution in [0.5, 0.6) is 0 Å². The average Bonchev–Trinajstić information content (AvgIpc) is 2.54. The molecule has 5 nitrogen and oxygen atoms in total. The van der Waals surface area contributed by atoms with E-state index >= 15 is 0 Å². The second-order valence-electron chi connectivity index (χ2n) is 6.58. The molecule has 2 N–H and O–H groups in total. The van der Waals surface area contributed by atoms with Crippen LogP contribution in [0, 0.1) is 5.92 Å². The van der Waals surface area contributed by atoms with Crippen LogP contribution < -0.4 is 10.6 Å². The van der Waals surface area contributed by atoms with Gasteiger partial charge in [0, 0.05) is 19.0 Å². The number of carbonyl (C=O) groups excluding carboxylic acids is 2. The zero-order valence-electron chi connectivity index (χ0n) is 13.1. The highest BCUT2D eigenvalue weighted by atomic mass is 19.1. The normalized spacial score (nSPS) is 22.8. The van der Waals surface area contributed by atoms with Crippen molar-refractivity contribution in [1.82, 2.24) is 10.3 Å². The molecular formula is C17H22FN3O2. The number of halogens is 1. The van der Waals surface area contributed by atoms with Crippen molar-refractivity contribution in [1.29, 1.82) is 0 Å². The average molecular weight is 319 g/mol. The van der Waals surface area contributed by atoms with Gasteiger partial charge in [0.15, 0.2) is 0 Å². The van der Waals surface area contributed by atoms with Crippen LogP contribution in [-0.4, -0.2) is 29.0 Å². The first-order valence-corrected chi connectivity index (χ1v) is 8.26. The smallest absolute Gasteiger partial charge is 0.228 e. The molecule has 1 aromatic heterocycles. The lowest BCUT2D eigenvalue weighted by Crippen LogP contribution is -2.42. The third-order valence-electron chi connectivity index (χ3n) is 4.74. The maximum Gasteiger partial charge on any atom is 0.228 e. The molecule has 1 saturated carbocycles. The van der Waals surface area contributed by atoms with E-state index in [4.69, 9.17) is 0 Å². The fourth-order valence-electron chi connectivity index (χ4n) is 3.36. The molecule has 0 bridgehead atoms. The van der Waals surface area contributed by atoms with Gasteiger partial charge in [-0.3, -0.25) is 14.6 Å². The lowest BCUT2D eigenvalue weighted by atomic mass is 9.86. The van der Waals surface area contributed by atoms with Crippen molar-refractivity contribution in [3.05, 3.63) is 24.0 Å². The molecule has 1 atom stereocenters. The number of alkyl halides is 1. The summed E-state index contributed by atoms with van der Waals surface area (Å²) in [4.78, 5) is 28.4. The Balaban J connectivity index is 1.53. The molecule has 124 valence electrons. The summed E-state index contributed by atoms with van der Waals surface area (Å²) in [5, 5.41) is 5.44. The van der Waals surface area contributed by atoms with E-state index in [0.29, 0.717) is 24.9 Å². The molecule has 6 heteroatoms. The Morgan fingerprint density at radius 3 is 2.96 bits per heavy atom. The number of amides is 2. The lowest BCUT2D eigenvalue weighted by Gasteiger charge is -2.30. The fraction of sp³-hybridized carbons (Fsp3) is 0.588. The van der Waals surface area contributed by atoms with E-state index in [1.807, 2.05) is 0 Å². The van der Waals surface area contributed by atoms with E-state index in [0.717, 1.165) is 25.0 Å². The maximum atomic E-state index is 14.5. The van der Waals surface area contributed by atoms with Crippen molar-refractivity contribution in [2.45, 2.75) is 50.6 Å². The van der Waals surface area contributed by atoms with Crippen LogP contribution in [-0.2, 0) is 16.0 Å². The monoisotopic (exact) mass is 319 g/mol. The van der Waals surface area contributed by atoms with Crippen LogP contribution in [0.1, 0.15) is 44.2 Å². The molecule has 2 heterocycles. The quantitative estimate of drug-likeness (QED) is 0.895. The summed E-state index contributed by atoms with van der Waals surface area (Å²) < 4.78 is 14.5. The minimum absolute atomic E-state index is 0.0506. The van der Waals surface area contributed by atoms with Crippen molar-refractivity contribution in [2.24, 2.45) is 5.92 Å². The number of anilines is 1. The number of aromatic nitrogens is 1. The first-order chi connectivity index (χ1) is 11.1. The summed E-state index contributed by atoms with van der Waals surface area (Å²) >= 11 is 0. The number of hydrogen-bond acceptors (Lipinski definition) is 3. The number of carbonyl (C=O) groups is 2. The van der Waals surface area contributed by atoms with E-state index in [9.17, 15) is 14.0 Å². The predicted molar refractivity (Wildman–Crippen MR) is 84.6 cm³/mol. The standard InChI is InChI=1S/C17H22FN3O2/c18-17(6-2-1-3-7-17)11-20-15(22)10-12-9-14-13(21-16(12)23)5-4-8-19-14/h4-5,8,12H,1-3,6-7,9-11H2,(H,20,22)(H,21,23). The maximum absolute atomic E-state index is 14.5. The summed E-state index contributed by atoms with van der Waals surface area (Å²) in [6.07, 6.45) is 6.01. The van der Waals surface area contributed by atoms with Crippen molar-refractivity contribution in [3.8, 4) is 0 Å². The van der Waals surface area contributed by atoms with Crippen LogP contribution in [0.2, 0.25) is 0 Å². The number of pyridine rings is 1. The second-order valence-corrected chi connectivity index (χ2v) is 6.58. The number of nitrogens with one attached hydrogen (secondary N) is 2. The largest absolute Gasteiger partial charge is 0.353 e. The Morgan fingerprint density at radius 1 is 1.39 bits per heavy atom. The highest BCUT2D eigenvalue weighted by Gasteiger charge is 2.33. The molecule has 2 amide bonds. The second kappa shape index (κ2) is 6.64. The molecule has 3 rings (SSSR count). The molecule has 1 aliphatic carbocycles. The Hall–Kier alpha value is -1.98. The van der Waals surface area contributed by atoms with Gasteiger partial charge in [-0.2, -0.15) is 0 Å². The van der Waals surface area contributed by atoms with Crippen molar-refractivity contribution < 1.29 is 14.0 Å². The minimum atomic E-state index is -1.28. The minimum Gasteiger partial charge on any atom is -0.353 e. The van der Waals surface area contributed by atoms with Gasteiger partial charge < -0.3 is 10.6 Å². The highest BCUT2D eigenvalue weighted by Crippen LogP contribution is 2.31. The number of hydrogen-bond donors (Lipinski definition) is 2. The van der Waals surface area contributed by atoms with Gasteiger partial charge in [0.25, 0.3) is 0 Å². The van der Waals surface area contributed by atoms with Gasteiger partial charge in [-0.1, -0.05) is 19.3 Å². The summed E-state index contributed by atoms with van der Waals surface area (Å²) in [6, 6.07) is 3.56. The lowest BCUT2D eigenvalue weighted by molar-refractivity contribution is -0.128. The molecule has 1 fully saturated rings. The first-order valence-electron chi connectivity index (χ1n) is 8.26. The fourth-order valence-corrected chi connectivity index (χ4v) is 3.36. The number of rotatable bonds is 4. The zero-order valence-corrected chi connectivity index (χ0v) is 13.1. The van der Waals surface area contributed by atoms with E-state index in [2.05, 4.69) is 15.6 Å². The van der Waals surface area contributed by atoms with Gasteiger partial charge in [-0.15, -0.1) is 0 Å². The Labute approximate surface area is 135 Å². The van der Waals surface area contributed by atoms with Crippen molar-refractivity contribution in [3.63, 3.8) is 0 Å². The SMILES string of the molecule is O=C(CC1Cc2ncccc2NC1=O)NCC1(F)CCCCC1. The molecule has 1 aliphatic heterocycles. The van der Waals surface area contributed by atoms with Crippen LogP contribution in [0.25, 0.3) is 0 Å². The Kier molecular flexibility index (Phi) is 4.59. The molecule has 23 heavy (non-hydrogen) atoms. The summed E-state index contributed by atoms with van der Waals surface area (Å²) in [5.74, 6) is -0.889. The van der Waals surface area contributed by atoms with Gasteiger partial charge in [-0.05, 0) is 25.0 Å². The predicted octanol–water partition coefficient (Wildman–Crippen LogP) is 2.37. The van der Waals surface area contributed by atoms with Crippen LogP contribution in [0.15, 0.2) is 18.3 Å². The summed E-state index contributed by atoms with van der Waals surface area (Å²) in [7, 11) is 0. The summed E-state index contributed by atoms with van der Waals surface area (Å²) in [6.45, 7) is 0.0506. The van der Waals surface area contributed by atoms with Gasteiger partial charge in [0.2, 0.25) is 11.8 Å². The first kappa shape index (κ1) is 15.9. The third kappa shape index (κ3) is 3.86. The molecule has 1 aromatic rings. The Morgan fingerprint density at radius 2 is 2.17 bits per heavy atom. The Bertz CT molecular complexity index is 599. The summed E-state index contributed by atoms with van der Waals surface area (Å²) in [5.41, 5.74) is 0.217. The molecule has 1 unspecified atom stereocenters.